The number of hydrogen-bond donors (Lipinski definition) is 4. The van der Waals surface area contributed by atoms with E-state index in [2.05, 4.69) is 5.32 Å². The number of amides is 1. The molecule has 2 bridgehead atoms. The van der Waals surface area contributed by atoms with Crippen molar-refractivity contribution in [1.29, 1.82) is 0 Å². The quantitative estimate of drug-likeness (QED) is 0.159. The van der Waals surface area contributed by atoms with Crippen LogP contribution in [0.5, 0.6) is 0 Å². The van der Waals surface area contributed by atoms with Crippen molar-refractivity contribution < 1.29 is 76.9 Å². The van der Waals surface area contributed by atoms with Gasteiger partial charge in [-0.25, -0.2) is 18.8 Å². The third-order valence-electron chi connectivity index (χ3n) is 12.8. The minimum atomic E-state index is -2.56. The van der Waals surface area contributed by atoms with Crippen molar-refractivity contribution in [2.45, 2.75) is 128 Å². The zero-order valence-corrected chi connectivity index (χ0v) is 36.0. The number of aliphatic hydroxyl groups excluding tert-OH is 2. The van der Waals surface area contributed by atoms with Crippen molar-refractivity contribution in [2.24, 2.45) is 22.7 Å². The molecule has 2 aromatic rings. The van der Waals surface area contributed by atoms with E-state index in [0.717, 1.165) is 20.8 Å². The fourth-order valence-corrected chi connectivity index (χ4v) is 9.75. The molecule has 3 fully saturated rings. The summed E-state index contributed by atoms with van der Waals surface area (Å²) >= 11 is 0. The maximum Gasteiger partial charge on any atom is 0.408 e. The Morgan fingerprint density at radius 3 is 2.05 bits per heavy atom. The number of carbonyl (C=O) groups excluding carboxylic acids is 6. The van der Waals surface area contributed by atoms with Crippen LogP contribution in [0.1, 0.15) is 90.7 Å². The number of nitrogens with one attached hydrogen (secondary N) is 1. The summed E-state index contributed by atoms with van der Waals surface area (Å²) in [5.41, 5.74) is -7.63. The molecule has 0 radical (unpaired) electrons. The van der Waals surface area contributed by atoms with E-state index in [1.54, 1.807) is 69.3 Å². The number of Topliss-reactive ketones (excluding diaryl/α,β-unsaturated/α-hetero) is 1. The number of alkyl halides is 1. The summed E-state index contributed by atoms with van der Waals surface area (Å²) in [6.45, 7) is 12.0. The highest BCUT2D eigenvalue weighted by Gasteiger charge is 2.81. The lowest BCUT2D eigenvalue weighted by Crippen LogP contribution is -2.82. The molecule has 2 saturated carbocycles. The lowest BCUT2D eigenvalue weighted by atomic mass is 9.45. The van der Waals surface area contributed by atoms with E-state index in [4.69, 9.17) is 28.4 Å². The average Bonchev–Trinajstić information content (AvgIpc) is 3.18. The number of rotatable bonds is 9. The number of alkyl carbamates (subject to hydrolysis) is 1. The van der Waals surface area contributed by atoms with Gasteiger partial charge in [0.25, 0.3) is 0 Å². The van der Waals surface area contributed by atoms with Crippen LogP contribution in [-0.2, 0) is 47.6 Å². The Hall–Kier alpha value is -5.23. The minimum Gasteiger partial charge on any atom is -0.456 e. The highest BCUT2D eigenvalue weighted by molar-refractivity contribution is 5.95. The number of ketones is 1. The Balaban J connectivity index is 1.55. The zero-order valence-electron chi connectivity index (χ0n) is 36.0. The van der Waals surface area contributed by atoms with Gasteiger partial charge in [-0.1, -0.05) is 62.4 Å². The van der Waals surface area contributed by atoms with E-state index in [1.807, 2.05) is 0 Å². The SMILES string of the molecule is CC(=O)O[C@H]1C(=O)[C@@]2(C)[C@H]([C@H](OC(=O)c3ccccc3)[C@]3(O)C[C@H](OC(=O)[C@H](O)[C@@H](NC(=O)OC(C)(C)C)c4ccccc4)C(C)=C1C3(C)C)[C@]1(OC(C)=O)OC[C@@H]1C(F)[C@@H]2O. The number of carbonyl (C=O) groups is 6. The number of fused-ring (bicyclic) bond motifs is 5. The second-order valence-electron chi connectivity index (χ2n) is 18.2. The summed E-state index contributed by atoms with van der Waals surface area (Å²) in [4.78, 5) is 82.7. The highest BCUT2D eigenvalue weighted by Crippen LogP contribution is 2.66. The largest absolute Gasteiger partial charge is 0.456 e. The fraction of sp³-hybridized carbons (Fsp3) is 0.556. The average molecular weight is 868 g/mol. The number of aliphatic hydroxyl groups is 3. The van der Waals surface area contributed by atoms with Gasteiger partial charge in [-0.3, -0.25) is 14.4 Å². The predicted octanol–water partition coefficient (Wildman–Crippen LogP) is 3.98. The molecule has 3 aliphatic carbocycles. The molecule has 6 rings (SSSR count). The lowest BCUT2D eigenvalue weighted by Gasteiger charge is -2.67. The number of ether oxygens (including phenoxy) is 6. The van der Waals surface area contributed by atoms with E-state index in [0.29, 0.717) is 0 Å². The first-order chi connectivity index (χ1) is 28.8. The van der Waals surface area contributed by atoms with Crippen LogP contribution in [-0.4, -0.2) is 111 Å². The van der Waals surface area contributed by atoms with Crippen LogP contribution in [0.2, 0.25) is 0 Å². The summed E-state index contributed by atoms with van der Waals surface area (Å²) in [5, 5.41) is 39.7. The summed E-state index contributed by atoms with van der Waals surface area (Å²) in [6, 6.07) is 14.1. The summed E-state index contributed by atoms with van der Waals surface area (Å²) in [6.07, 6.45) is -13.9. The van der Waals surface area contributed by atoms with Crippen LogP contribution < -0.4 is 5.32 Å². The second-order valence-corrected chi connectivity index (χ2v) is 18.2. The molecule has 16 nitrogen and oxygen atoms in total. The van der Waals surface area contributed by atoms with Gasteiger partial charge in [-0.2, -0.15) is 0 Å². The monoisotopic (exact) mass is 867 g/mol. The summed E-state index contributed by atoms with van der Waals surface area (Å²) in [5.74, 6) is -11.3. The molecule has 17 heteroatoms. The van der Waals surface area contributed by atoms with Gasteiger partial charge in [0.2, 0.25) is 5.79 Å². The summed E-state index contributed by atoms with van der Waals surface area (Å²) < 4.78 is 51.7. The summed E-state index contributed by atoms with van der Waals surface area (Å²) in [7, 11) is 0. The molecule has 1 saturated heterocycles. The maximum atomic E-state index is 16.6. The first kappa shape index (κ1) is 46.3. The Bertz CT molecular complexity index is 2140. The van der Waals surface area contributed by atoms with Gasteiger partial charge in [-0.15, -0.1) is 0 Å². The Labute approximate surface area is 358 Å². The van der Waals surface area contributed by atoms with Gasteiger partial charge in [-0.05, 0) is 63.5 Å². The van der Waals surface area contributed by atoms with Crippen LogP contribution >= 0.6 is 0 Å². The molecule has 12 atom stereocenters. The van der Waals surface area contributed by atoms with Gasteiger partial charge >= 0.3 is 30.0 Å². The van der Waals surface area contributed by atoms with Crippen molar-refractivity contribution >= 4 is 35.8 Å². The third-order valence-corrected chi connectivity index (χ3v) is 12.8. The van der Waals surface area contributed by atoms with E-state index >= 15 is 9.18 Å². The predicted molar refractivity (Wildman–Crippen MR) is 213 cm³/mol. The van der Waals surface area contributed by atoms with Gasteiger partial charge in [0.1, 0.15) is 29.6 Å². The molecule has 62 heavy (non-hydrogen) atoms. The van der Waals surface area contributed by atoms with Gasteiger partial charge in [0, 0.05) is 25.7 Å². The standard InChI is InChI=1S/C45H54FNO15/c1-22-28(59-39(54)32(50)31(25-16-12-10-13-17-25)47-40(55)62-41(4,5)6)20-44(56)37(60-38(53)26-18-14-11-15-19-26)34-43(9,36(52)33(58-23(2)48)29(22)42(44,7)8)35(51)30(46)27-21-57-45(27,34)61-24(3)49/h10-19,27-28,30-35,37,50-51,56H,20-21H2,1-9H3,(H,47,55)/t27-,28+,30?,31+,32-,33-,34+,35+,37+,43+,44-,45+/m1/s1. The number of hydrogen-bond acceptors (Lipinski definition) is 15. The van der Waals surface area contributed by atoms with Gasteiger partial charge in [0.15, 0.2) is 18.0 Å². The first-order valence-corrected chi connectivity index (χ1v) is 20.3. The van der Waals surface area contributed by atoms with Gasteiger partial charge < -0.3 is 49.1 Å². The van der Waals surface area contributed by atoms with Crippen LogP contribution in [0.4, 0.5) is 9.18 Å². The second kappa shape index (κ2) is 16.5. The van der Waals surface area contributed by atoms with E-state index in [9.17, 15) is 39.3 Å². The molecule has 0 spiro atoms. The third kappa shape index (κ3) is 7.77. The molecule has 0 aromatic heterocycles. The van der Waals surface area contributed by atoms with Crippen LogP contribution in [0.3, 0.4) is 0 Å². The Kier molecular flexibility index (Phi) is 12.3. The van der Waals surface area contributed by atoms with Crippen molar-refractivity contribution in [1.82, 2.24) is 5.32 Å². The zero-order chi connectivity index (χ0) is 45.9. The van der Waals surface area contributed by atoms with Gasteiger partial charge in [0.05, 0.1) is 41.6 Å². The fourth-order valence-electron chi connectivity index (χ4n) is 9.75. The van der Waals surface area contributed by atoms with Crippen LogP contribution in [0.15, 0.2) is 71.8 Å². The van der Waals surface area contributed by atoms with Crippen molar-refractivity contribution in [3.63, 3.8) is 0 Å². The highest BCUT2D eigenvalue weighted by atomic mass is 19.1. The topological polar surface area (TPSA) is 231 Å². The molecule has 336 valence electrons. The van der Waals surface area contributed by atoms with E-state index in [1.165, 1.54) is 32.9 Å². The Morgan fingerprint density at radius 1 is 0.919 bits per heavy atom. The number of halogens is 1. The van der Waals surface area contributed by atoms with Crippen LogP contribution in [0, 0.1) is 22.7 Å². The molecule has 4 N–H and O–H groups in total. The molecule has 1 aliphatic heterocycles. The van der Waals surface area contributed by atoms with Crippen LogP contribution in [0.25, 0.3) is 0 Å². The smallest absolute Gasteiger partial charge is 0.408 e. The molecule has 2 aromatic carbocycles. The van der Waals surface area contributed by atoms with E-state index in [-0.39, 0.29) is 22.3 Å². The first-order valence-electron chi connectivity index (χ1n) is 20.3. The molecule has 1 amide bonds. The maximum absolute atomic E-state index is 16.6. The molecular weight excluding hydrogens is 813 g/mol. The lowest BCUT2D eigenvalue weighted by molar-refractivity contribution is -0.421. The molecule has 1 heterocycles. The number of benzene rings is 2. The van der Waals surface area contributed by atoms with E-state index < -0.39 is 131 Å². The van der Waals surface area contributed by atoms with Crippen molar-refractivity contribution in [3.8, 4) is 0 Å². The Morgan fingerprint density at radius 2 is 1.52 bits per heavy atom. The van der Waals surface area contributed by atoms with Crippen molar-refractivity contribution in [3.05, 3.63) is 82.9 Å². The molecule has 4 aliphatic rings. The normalized spacial score (nSPS) is 33.4. The van der Waals surface area contributed by atoms with Crippen molar-refractivity contribution in [2.75, 3.05) is 6.61 Å². The minimum absolute atomic E-state index is 0.0209. The number of esters is 4. The molecular formula is C45H54FNO15. The molecule has 1 unspecified atom stereocenters.